The summed E-state index contributed by atoms with van der Waals surface area (Å²) in [7, 11) is 0. The lowest BCUT2D eigenvalue weighted by atomic mass is 9.83. The van der Waals surface area contributed by atoms with Gasteiger partial charge in [-0.1, -0.05) is 37.3 Å². The van der Waals surface area contributed by atoms with Gasteiger partial charge < -0.3 is 20.4 Å². The predicted molar refractivity (Wildman–Crippen MR) is 171 cm³/mol. The van der Waals surface area contributed by atoms with E-state index in [2.05, 4.69) is 34.6 Å². The fourth-order valence-corrected chi connectivity index (χ4v) is 6.95. The van der Waals surface area contributed by atoms with Crippen LogP contribution in [0, 0.1) is 18.7 Å². The lowest BCUT2D eigenvalue weighted by molar-refractivity contribution is -0.123. The number of halogens is 1. The molecule has 1 aliphatic carbocycles. The second-order valence-corrected chi connectivity index (χ2v) is 12.4. The van der Waals surface area contributed by atoms with Crippen molar-refractivity contribution in [2.75, 3.05) is 35.2 Å². The van der Waals surface area contributed by atoms with Gasteiger partial charge in [-0.25, -0.2) is 4.39 Å². The second kappa shape index (κ2) is 12.8. The first-order chi connectivity index (χ1) is 20.9. The van der Waals surface area contributed by atoms with Crippen LogP contribution in [0.3, 0.4) is 0 Å². The molecule has 7 heteroatoms. The van der Waals surface area contributed by atoms with Gasteiger partial charge in [0.1, 0.15) is 5.82 Å². The van der Waals surface area contributed by atoms with Gasteiger partial charge in [-0.3, -0.25) is 9.59 Å². The predicted octanol–water partition coefficient (Wildman–Crippen LogP) is 7.49. The number of nitrogens with one attached hydrogen (secondary N) is 2. The molecular weight excluding hydrogens is 539 g/mol. The van der Waals surface area contributed by atoms with Gasteiger partial charge in [0.15, 0.2) is 0 Å². The number of benzene rings is 3. The van der Waals surface area contributed by atoms with Crippen molar-refractivity contribution >= 4 is 28.9 Å². The molecule has 3 fully saturated rings. The molecule has 0 aromatic heterocycles. The summed E-state index contributed by atoms with van der Waals surface area (Å²) in [4.78, 5) is 32.2. The number of anilines is 3. The smallest absolute Gasteiger partial charge is 0.257 e. The van der Waals surface area contributed by atoms with Crippen LogP contribution in [0.15, 0.2) is 60.7 Å². The van der Waals surface area contributed by atoms with Crippen molar-refractivity contribution in [2.45, 2.75) is 77.3 Å². The quantitative estimate of drug-likeness (QED) is 0.289. The number of nitrogens with zero attached hydrogens (tertiary/aromatic N) is 2. The molecule has 2 unspecified atom stereocenters. The maximum absolute atomic E-state index is 15.0. The minimum Gasteiger partial charge on any atom is -0.382 e. The average molecular weight is 583 g/mol. The number of amides is 2. The molecule has 3 aliphatic rings. The summed E-state index contributed by atoms with van der Waals surface area (Å²) < 4.78 is 15.0. The SMILES string of the molecule is CCc1ccc(NC(=O)C2CCCN(C(=O)c3c(C)cccc3F)C2c2ccc(NC3CCC3)cc2)cc1N1CCCC1. The second-order valence-electron chi connectivity index (χ2n) is 12.4. The third kappa shape index (κ3) is 6.13. The molecule has 43 heavy (non-hydrogen) atoms. The molecule has 2 amide bonds. The zero-order valence-electron chi connectivity index (χ0n) is 25.4. The molecule has 6 nitrogen and oxygen atoms in total. The van der Waals surface area contributed by atoms with E-state index in [1.807, 2.05) is 30.3 Å². The standard InChI is InChI=1S/C36H43FN4O2/c1-3-25-14-19-29(23-32(25)40-20-4-5-21-40)39-35(42)30-12-8-22-41(36(43)33-24(2)9-6-13-31(33)37)34(30)26-15-17-28(18-16-26)38-27-10-7-11-27/h6,9,13-19,23,27,30,34,38H,3-5,7-8,10-12,20-22H2,1-2H3,(H,39,42). The third-order valence-electron chi connectivity index (χ3n) is 9.57. The normalized spacial score (nSPS) is 20.5. The van der Waals surface area contributed by atoms with Crippen molar-refractivity contribution in [2.24, 2.45) is 5.92 Å². The number of aryl methyl sites for hydroxylation is 2. The molecule has 0 spiro atoms. The largest absolute Gasteiger partial charge is 0.382 e. The Labute approximate surface area is 254 Å². The molecule has 2 saturated heterocycles. The number of hydrogen-bond donors (Lipinski definition) is 2. The van der Waals surface area contributed by atoms with Gasteiger partial charge in [0, 0.05) is 42.7 Å². The Hall–Kier alpha value is -3.87. The van der Waals surface area contributed by atoms with Gasteiger partial charge in [-0.05, 0) is 105 Å². The molecule has 1 saturated carbocycles. The van der Waals surface area contributed by atoms with Crippen LogP contribution >= 0.6 is 0 Å². The zero-order chi connectivity index (χ0) is 29.9. The fourth-order valence-electron chi connectivity index (χ4n) is 6.95. The lowest BCUT2D eigenvalue weighted by Gasteiger charge is -2.41. The lowest BCUT2D eigenvalue weighted by Crippen LogP contribution is -2.46. The summed E-state index contributed by atoms with van der Waals surface area (Å²) in [6, 6.07) is 19.1. The van der Waals surface area contributed by atoms with Gasteiger partial charge in [0.25, 0.3) is 5.91 Å². The number of carbonyl (C=O) groups excluding carboxylic acids is 2. The van der Waals surface area contributed by atoms with Crippen LogP contribution in [0.25, 0.3) is 0 Å². The van der Waals surface area contributed by atoms with E-state index in [0.717, 1.165) is 36.4 Å². The van der Waals surface area contributed by atoms with E-state index >= 15 is 4.39 Å². The van der Waals surface area contributed by atoms with Crippen LogP contribution < -0.4 is 15.5 Å². The highest BCUT2D eigenvalue weighted by Gasteiger charge is 2.40. The molecule has 2 atom stereocenters. The molecule has 2 aliphatic heterocycles. The molecular formula is C36H43FN4O2. The molecule has 0 bridgehead atoms. The fraction of sp³-hybridized carbons (Fsp3) is 0.444. The van der Waals surface area contributed by atoms with Gasteiger partial charge >= 0.3 is 0 Å². The summed E-state index contributed by atoms with van der Waals surface area (Å²) in [5, 5.41) is 6.79. The Balaban J connectivity index is 1.31. The summed E-state index contributed by atoms with van der Waals surface area (Å²) in [6.45, 7) is 6.46. The topological polar surface area (TPSA) is 64.7 Å². The summed E-state index contributed by atoms with van der Waals surface area (Å²) in [6.07, 6.45) is 8.22. The zero-order valence-corrected chi connectivity index (χ0v) is 25.4. The molecule has 2 heterocycles. The van der Waals surface area contributed by atoms with Crippen LogP contribution in [0.1, 0.15) is 85.0 Å². The van der Waals surface area contributed by atoms with E-state index in [-0.39, 0.29) is 17.4 Å². The van der Waals surface area contributed by atoms with Crippen molar-refractivity contribution in [1.29, 1.82) is 0 Å². The summed E-state index contributed by atoms with van der Waals surface area (Å²) >= 11 is 0. The van der Waals surface area contributed by atoms with Crippen molar-refractivity contribution in [3.8, 4) is 0 Å². The highest BCUT2D eigenvalue weighted by atomic mass is 19.1. The van der Waals surface area contributed by atoms with Crippen molar-refractivity contribution in [3.05, 3.63) is 88.7 Å². The van der Waals surface area contributed by atoms with Crippen LogP contribution in [-0.2, 0) is 11.2 Å². The minimum absolute atomic E-state index is 0.0854. The Morgan fingerprint density at radius 2 is 1.63 bits per heavy atom. The average Bonchev–Trinajstić information content (AvgIpc) is 3.54. The summed E-state index contributed by atoms with van der Waals surface area (Å²) in [5.74, 6) is -1.48. The van der Waals surface area contributed by atoms with E-state index in [4.69, 9.17) is 0 Å². The maximum atomic E-state index is 15.0. The molecule has 226 valence electrons. The number of rotatable bonds is 8. The van der Waals surface area contributed by atoms with Crippen LogP contribution in [0.5, 0.6) is 0 Å². The van der Waals surface area contributed by atoms with Gasteiger partial charge in [0.05, 0.1) is 17.5 Å². The van der Waals surface area contributed by atoms with E-state index < -0.39 is 17.8 Å². The number of piperidine rings is 1. The van der Waals surface area contributed by atoms with Gasteiger partial charge in [-0.15, -0.1) is 0 Å². The molecule has 3 aromatic carbocycles. The number of hydrogen-bond acceptors (Lipinski definition) is 4. The molecule has 6 rings (SSSR count). The van der Waals surface area contributed by atoms with E-state index in [1.54, 1.807) is 24.0 Å². The Morgan fingerprint density at radius 3 is 2.30 bits per heavy atom. The number of carbonyl (C=O) groups is 2. The number of likely N-dealkylation sites (tertiary alicyclic amines) is 1. The first-order valence-electron chi connectivity index (χ1n) is 16.0. The maximum Gasteiger partial charge on any atom is 0.257 e. The van der Waals surface area contributed by atoms with Crippen LogP contribution in [0.2, 0.25) is 0 Å². The molecule has 3 aromatic rings. The summed E-state index contributed by atoms with van der Waals surface area (Å²) in [5.41, 5.74) is 5.86. The molecule has 2 N–H and O–H groups in total. The monoisotopic (exact) mass is 582 g/mol. The Morgan fingerprint density at radius 1 is 0.884 bits per heavy atom. The van der Waals surface area contributed by atoms with Crippen LogP contribution in [0.4, 0.5) is 21.5 Å². The highest BCUT2D eigenvalue weighted by molar-refractivity contribution is 5.98. The van der Waals surface area contributed by atoms with E-state index in [0.29, 0.717) is 31.0 Å². The van der Waals surface area contributed by atoms with Crippen molar-refractivity contribution < 1.29 is 14.0 Å². The first-order valence-corrected chi connectivity index (χ1v) is 16.0. The van der Waals surface area contributed by atoms with Crippen molar-refractivity contribution in [1.82, 2.24) is 4.90 Å². The van der Waals surface area contributed by atoms with Crippen molar-refractivity contribution in [3.63, 3.8) is 0 Å². The Kier molecular flexibility index (Phi) is 8.68. The molecule has 0 radical (unpaired) electrons. The van der Waals surface area contributed by atoms with Gasteiger partial charge in [0.2, 0.25) is 5.91 Å². The highest BCUT2D eigenvalue weighted by Crippen LogP contribution is 2.39. The van der Waals surface area contributed by atoms with E-state index in [1.165, 1.54) is 49.4 Å². The first kappa shape index (κ1) is 29.2. The van der Waals surface area contributed by atoms with E-state index in [9.17, 15) is 9.59 Å². The Bertz CT molecular complexity index is 1440. The minimum atomic E-state index is -0.527. The van der Waals surface area contributed by atoms with Crippen LogP contribution in [-0.4, -0.2) is 42.4 Å². The van der Waals surface area contributed by atoms with Gasteiger partial charge in [-0.2, -0.15) is 0 Å². The third-order valence-corrected chi connectivity index (χ3v) is 9.57.